The monoisotopic (exact) mass is 332 g/mol. The van der Waals surface area contributed by atoms with Crippen LogP contribution in [0.15, 0.2) is 29.4 Å². The molecule has 0 fully saturated rings. The van der Waals surface area contributed by atoms with Gasteiger partial charge in [0.15, 0.2) is 0 Å². The summed E-state index contributed by atoms with van der Waals surface area (Å²) in [6.07, 6.45) is -3.48. The van der Waals surface area contributed by atoms with E-state index in [-0.39, 0.29) is 23.7 Å². The van der Waals surface area contributed by atoms with Crippen LogP contribution < -0.4 is 0 Å². The van der Waals surface area contributed by atoms with Crippen LogP contribution in [0.3, 0.4) is 0 Å². The maximum atomic E-state index is 13.0. The number of aliphatic hydroxyl groups is 1. The highest BCUT2D eigenvalue weighted by atomic mass is 32.2. The van der Waals surface area contributed by atoms with Gasteiger partial charge in [-0.2, -0.15) is 10.1 Å². The Bertz CT molecular complexity index is 597. The van der Waals surface area contributed by atoms with Crippen LogP contribution >= 0.6 is 11.8 Å². The van der Waals surface area contributed by atoms with E-state index in [0.29, 0.717) is 16.3 Å². The van der Waals surface area contributed by atoms with Crippen LogP contribution in [-0.4, -0.2) is 39.6 Å². The first-order chi connectivity index (χ1) is 10.3. The summed E-state index contributed by atoms with van der Waals surface area (Å²) in [6, 6.07) is 5.90. The largest absolute Gasteiger partial charge is 0.364 e. The number of thioether (sulfide) groups is 1. The van der Waals surface area contributed by atoms with Crippen molar-refractivity contribution in [1.82, 2.24) is 5.01 Å². The van der Waals surface area contributed by atoms with E-state index in [2.05, 4.69) is 5.10 Å². The van der Waals surface area contributed by atoms with E-state index < -0.39 is 18.1 Å². The molecular formula is C14H15F3N2O2S. The van der Waals surface area contributed by atoms with Gasteiger partial charge < -0.3 is 5.11 Å². The number of rotatable bonds is 5. The van der Waals surface area contributed by atoms with E-state index in [0.717, 1.165) is 11.8 Å². The average molecular weight is 332 g/mol. The van der Waals surface area contributed by atoms with E-state index >= 15 is 0 Å². The highest BCUT2D eigenvalue weighted by Gasteiger charge is 2.50. The topological polar surface area (TPSA) is 52.9 Å². The number of benzene rings is 1. The quantitative estimate of drug-likeness (QED) is 0.902. The summed E-state index contributed by atoms with van der Waals surface area (Å²) in [7, 11) is 0. The number of hydrazone groups is 1. The molecule has 1 heterocycles. The molecule has 0 radical (unpaired) electrons. The van der Waals surface area contributed by atoms with Crippen LogP contribution in [0.4, 0.5) is 13.2 Å². The Morgan fingerprint density at radius 3 is 2.91 bits per heavy atom. The van der Waals surface area contributed by atoms with Crippen molar-refractivity contribution < 1.29 is 23.1 Å². The number of carbonyl (C=O) groups excluding carboxylic acids is 1. The number of nitrogens with zero attached hydrogens (tertiary/aromatic N) is 2. The van der Waals surface area contributed by atoms with Crippen LogP contribution in [0.2, 0.25) is 0 Å². The Morgan fingerprint density at radius 2 is 2.27 bits per heavy atom. The molecule has 1 amide bonds. The number of amides is 1. The van der Waals surface area contributed by atoms with E-state index in [4.69, 9.17) is 0 Å². The molecule has 0 unspecified atom stereocenters. The number of alkyl halides is 2. The van der Waals surface area contributed by atoms with Crippen molar-refractivity contribution in [1.29, 1.82) is 0 Å². The Hall–Kier alpha value is -1.54. The summed E-state index contributed by atoms with van der Waals surface area (Å²) < 4.78 is 39.0. The lowest BCUT2D eigenvalue weighted by Crippen LogP contribution is -2.52. The summed E-state index contributed by atoms with van der Waals surface area (Å²) in [5.41, 5.74) is -1.62. The molecule has 0 bridgehead atoms. The van der Waals surface area contributed by atoms with Crippen molar-refractivity contribution in [3.8, 4) is 0 Å². The molecule has 1 aromatic rings. The molecule has 0 aliphatic carbocycles. The molecule has 0 saturated carbocycles. The Labute approximate surface area is 130 Å². The van der Waals surface area contributed by atoms with Crippen molar-refractivity contribution in [3.05, 3.63) is 35.6 Å². The molecule has 1 atom stereocenters. The predicted molar refractivity (Wildman–Crippen MR) is 78.1 cm³/mol. The summed E-state index contributed by atoms with van der Waals surface area (Å²) in [6.45, 7) is 1.47. The molecule has 1 aliphatic rings. The zero-order chi connectivity index (χ0) is 16.3. The van der Waals surface area contributed by atoms with Crippen LogP contribution in [0.5, 0.6) is 0 Å². The molecule has 1 N–H and O–H groups in total. The van der Waals surface area contributed by atoms with E-state index in [1.54, 1.807) is 12.1 Å². The van der Waals surface area contributed by atoms with E-state index in [9.17, 15) is 23.1 Å². The highest BCUT2D eigenvalue weighted by molar-refractivity contribution is 7.99. The van der Waals surface area contributed by atoms with Gasteiger partial charge in [-0.05, 0) is 24.6 Å². The lowest BCUT2D eigenvalue weighted by molar-refractivity contribution is -0.190. The van der Waals surface area contributed by atoms with Gasteiger partial charge in [-0.3, -0.25) is 4.79 Å². The predicted octanol–water partition coefficient (Wildman–Crippen LogP) is 2.62. The normalized spacial score (nSPS) is 21.4. The second-order valence-electron chi connectivity index (χ2n) is 5.02. The lowest BCUT2D eigenvalue weighted by Gasteiger charge is -2.29. The fraction of sp³-hybridized carbons (Fsp3) is 0.429. The third-order valence-corrected chi connectivity index (χ3v) is 4.11. The standard InChI is InChI=1S/C14H15F3N2O2S/c1-9-6-14(21,13(16)17)19(18-9)12(20)8-22-7-10-3-2-4-11(15)5-10/h2-5,13,21H,6-8H2,1H3/t14-/m1/s1. The number of carbonyl (C=O) groups is 1. The van der Waals surface area contributed by atoms with Gasteiger partial charge in [0.1, 0.15) is 5.82 Å². The van der Waals surface area contributed by atoms with Gasteiger partial charge in [-0.1, -0.05) is 12.1 Å². The first-order valence-corrected chi connectivity index (χ1v) is 7.68. The van der Waals surface area contributed by atoms with Gasteiger partial charge in [0, 0.05) is 17.9 Å². The van der Waals surface area contributed by atoms with Crippen LogP contribution in [0.25, 0.3) is 0 Å². The number of halogens is 3. The van der Waals surface area contributed by atoms with Gasteiger partial charge in [-0.15, -0.1) is 11.8 Å². The zero-order valence-corrected chi connectivity index (χ0v) is 12.6. The average Bonchev–Trinajstić information content (AvgIpc) is 2.75. The maximum Gasteiger partial charge on any atom is 0.287 e. The molecule has 1 aromatic carbocycles. The van der Waals surface area contributed by atoms with Gasteiger partial charge in [0.25, 0.3) is 12.3 Å². The Kier molecular flexibility index (Phi) is 5.12. The second kappa shape index (κ2) is 6.70. The fourth-order valence-electron chi connectivity index (χ4n) is 2.13. The van der Waals surface area contributed by atoms with E-state index in [1.807, 2.05) is 0 Å². The third kappa shape index (κ3) is 3.61. The maximum absolute atomic E-state index is 13.0. The molecule has 1 aliphatic heterocycles. The van der Waals surface area contributed by atoms with Crippen LogP contribution in [0.1, 0.15) is 18.9 Å². The summed E-state index contributed by atoms with van der Waals surface area (Å²) >= 11 is 1.14. The van der Waals surface area contributed by atoms with Gasteiger partial charge in [-0.25, -0.2) is 13.2 Å². The second-order valence-corrected chi connectivity index (χ2v) is 6.01. The Morgan fingerprint density at radius 1 is 1.55 bits per heavy atom. The van der Waals surface area contributed by atoms with Gasteiger partial charge >= 0.3 is 0 Å². The molecule has 0 spiro atoms. The number of hydrogen-bond acceptors (Lipinski definition) is 4. The van der Waals surface area contributed by atoms with Gasteiger partial charge in [0.2, 0.25) is 5.72 Å². The fourth-order valence-corrected chi connectivity index (χ4v) is 2.94. The lowest BCUT2D eigenvalue weighted by atomic mass is 10.1. The molecule has 22 heavy (non-hydrogen) atoms. The third-order valence-electron chi connectivity index (χ3n) is 3.12. The molecule has 120 valence electrons. The van der Waals surface area contributed by atoms with Crippen molar-refractivity contribution in [2.45, 2.75) is 31.2 Å². The van der Waals surface area contributed by atoms with Crippen molar-refractivity contribution in [2.24, 2.45) is 5.10 Å². The number of hydrogen-bond donors (Lipinski definition) is 1. The highest BCUT2D eigenvalue weighted by Crippen LogP contribution is 2.31. The Balaban J connectivity index is 1.94. The van der Waals surface area contributed by atoms with Crippen molar-refractivity contribution in [3.63, 3.8) is 0 Å². The first kappa shape index (κ1) is 16.8. The summed E-state index contributed by atoms with van der Waals surface area (Å²) in [4.78, 5) is 12.0. The van der Waals surface area contributed by atoms with Gasteiger partial charge in [0.05, 0.1) is 5.75 Å². The molecule has 0 saturated heterocycles. The summed E-state index contributed by atoms with van der Waals surface area (Å²) in [5, 5.41) is 14.1. The smallest absolute Gasteiger partial charge is 0.287 e. The minimum atomic E-state index is -3.11. The van der Waals surface area contributed by atoms with Crippen LogP contribution in [0, 0.1) is 5.82 Å². The first-order valence-electron chi connectivity index (χ1n) is 6.53. The molecule has 8 heteroatoms. The van der Waals surface area contributed by atoms with Crippen molar-refractivity contribution >= 4 is 23.4 Å². The SMILES string of the molecule is CC1=NN(C(=O)CSCc2cccc(F)c2)[C@](O)(C(F)F)C1. The van der Waals surface area contributed by atoms with Crippen LogP contribution in [-0.2, 0) is 10.5 Å². The van der Waals surface area contributed by atoms with E-state index in [1.165, 1.54) is 19.1 Å². The molecular weight excluding hydrogens is 317 g/mol. The minimum absolute atomic E-state index is 0.137. The molecule has 0 aromatic heterocycles. The summed E-state index contributed by atoms with van der Waals surface area (Å²) in [5.74, 6) is -0.868. The molecule has 2 rings (SSSR count). The van der Waals surface area contributed by atoms with Crippen molar-refractivity contribution in [2.75, 3.05) is 5.75 Å². The molecule has 4 nitrogen and oxygen atoms in total. The minimum Gasteiger partial charge on any atom is -0.364 e. The zero-order valence-electron chi connectivity index (χ0n) is 11.8.